The Kier molecular flexibility index (Phi) is 5.02. The molecule has 0 saturated heterocycles. The van der Waals surface area contributed by atoms with E-state index in [2.05, 4.69) is 24.2 Å². The van der Waals surface area contributed by atoms with Gasteiger partial charge in [0.05, 0.1) is 29.1 Å². The van der Waals surface area contributed by atoms with Crippen LogP contribution in [0.2, 0.25) is 0 Å². The molecule has 0 N–H and O–H groups in total. The third-order valence-electron chi connectivity index (χ3n) is 3.70. The summed E-state index contributed by atoms with van der Waals surface area (Å²) in [6.07, 6.45) is 3.14. The van der Waals surface area contributed by atoms with Gasteiger partial charge in [-0.3, -0.25) is 4.79 Å². The lowest BCUT2D eigenvalue weighted by Crippen LogP contribution is -2.26. The molecule has 2 heterocycles. The topological polar surface area (TPSA) is 67.9 Å². The molecule has 6 heteroatoms. The second-order valence-corrected chi connectivity index (χ2v) is 6.91. The molecule has 0 radical (unpaired) electrons. The van der Waals surface area contributed by atoms with Crippen LogP contribution in [0.3, 0.4) is 0 Å². The number of allylic oxidation sites excluding steroid dienone is 2. The smallest absolute Gasteiger partial charge is 0.266 e. The van der Waals surface area contributed by atoms with E-state index in [1.807, 2.05) is 0 Å². The van der Waals surface area contributed by atoms with E-state index in [9.17, 15) is 4.79 Å². The predicted molar refractivity (Wildman–Crippen MR) is 93.9 cm³/mol. The first-order valence-electron chi connectivity index (χ1n) is 7.70. The van der Waals surface area contributed by atoms with Crippen molar-refractivity contribution in [3.8, 4) is 11.8 Å². The molecule has 1 aliphatic heterocycles. The molecular formula is C18H17N3O2S. The van der Waals surface area contributed by atoms with Gasteiger partial charge in [0.25, 0.3) is 5.56 Å². The van der Waals surface area contributed by atoms with Gasteiger partial charge in [-0.25, -0.2) is 4.68 Å². The number of hydrogen-bond acceptors (Lipinski definition) is 5. The fourth-order valence-corrected chi connectivity index (χ4v) is 3.56. The van der Waals surface area contributed by atoms with Crippen LogP contribution in [0.1, 0.15) is 29.9 Å². The first-order valence-corrected chi connectivity index (χ1v) is 8.58. The number of nitrogens with zero attached hydrogens (tertiary/aromatic N) is 3. The summed E-state index contributed by atoms with van der Waals surface area (Å²) in [5.41, 5.74) is 1.32. The van der Waals surface area contributed by atoms with Gasteiger partial charge in [-0.05, 0) is 42.5 Å². The van der Waals surface area contributed by atoms with E-state index in [0.717, 1.165) is 12.1 Å². The lowest BCUT2D eigenvalue weighted by molar-refractivity contribution is 0.287. The Morgan fingerprint density at radius 2 is 2.29 bits per heavy atom. The average molecular weight is 339 g/mol. The molecule has 1 aromatic carbocycles. The van der Waals surface area contributed by atoms with E-state index in [1.54, 1.807) is 48.2 Å². The Balaban J connectivity index is 1.64. The minimum Gasteiger partial charge on any atom is -0.492 e. The van der Waals surface area contributed by atoms with Gasteiger partial charge in [-0.1, -0.05) is 12.1 Å². The Morgan fingerprint density at radius 3 is 3.04 bits per heavy atom. The van der Waals surface area contributed by atoms with Crippen LogP contribution in [0.15, 0.2) is 52.2 Å². The van der Waals surface area contributed by atoms with Crippen LogP contribution in [-0.4, -0.2) is 16.4 Å². The van der Waals surface area contributed by atoms with Crippen LogP contribution in [0.4, 0.5) is 0 Å². The summed E-state index contributed by atoms with van der Waals surface area (Å²) in [6, 6.07) is 12.4. The van der Waals surface area contributed by atoms with Crippen LogP contribution in [0.5, 0.6) is 5.75 Å². The standard InChI is InChI=1S/C18H17N3O2S/c1-13-5-7-17(24-13)16-6-8-18(22)21(20-16)9-10-23-15-4-2-3-14(11-15)12-19/h2-6,8,11,17H,7,9-10H2,1H3. The van der Waals surface area contributed by atoms with Crippen LogP contribution >= 0.6 is 11.8 Å². The van der Waals surface area contributed by atoms with E-state index in [1.165, 1.54) is 9.59 Å². The van der Waals surface area contributed by atoms with Crippen LogP contribution in [0.25, 0.3) is 0 Å². The fourth-order valence-electron chi connectivity index (χ4n) is 2.48. The third kappa shape index (κ3) is 3.87. The maximum Gasteiger partial charge on any atom is 0.266 e. The summed E-state index contributed by atoms with van der Waals surface area (Å²) in [5.74, 6) is 0.615. The van der Waals surface area contributed by atoms with Gasteiger partial charge in [0.2, 0.25) is 0 Å². The van der Waals surface area contributed by atoms with Crippen molar-refractivity contribution in [1.29, 1.82) is 5.26 Å². The predicted octanol–water partition coefficient (Wildman–Crippen LogP) is 3.28. The molecule has 5 nitrogen and oxygen atoms in total. The maximum absolute atomic E-state index is 12.0. The van der Waals surface area contributed by atoms with Crippen molar-refractivity contribution in [1.82, 2.24) is 9.78 Å². The number of aromatic nitrogens is 2. The normalized spacial score (nSPS) is 16.5. The highest BCUT2D eigenvalue weighted by atomic mass is 32.2. The fraction of sp³-hybridized carbons (Fsp3) is 0.278. The van der Waals surface area contributed by atoms with Crippen molar-refractivity contribution >= 4 is 11.8 Å². The van der Waals surface area contributed by atoms with E-state index in [-0.39, 0.29) is 10.8 Å². The molecule has 1 atom stereocenters. The summed E-state index contributed by atoms with van der Waals surface area (Å²) in [6.45, 7) is 2.78. The summed E-state index contributed by atoms with van der Waals surface area (Å²) in [5, 5.41) is 13.6. The van der Waals surface area contributed by atoms with Crippen molar-refractivity contribution in [2.24, 2.45) is 0 Å². The van der Waals surface area contributed by atoms with E-state index >= 15 is 0 Å². The maximum atomic E-state index is 12.0. The van der Waals surface area contributed by atoms with E-state index in [0.29, 0.717) is 24.5 Å². The van der Waals surface area contributed by atoms with Crippen molar-refractivity contribution in [2.75, 3.05) is 6.61 Å². The largest absolute Gasteiger partial charge is 0.492 e. The zero-order valence-electron chi connectivity index (χ0n) is 13.3. The molecular weight excluding hydrogens is 322 g/mol. The van der Waals surface area contributed by atoms with Crippen molar-refractivity contribution in [3.63, 3.8) is 0 Å². The summed E-state index contributed by atoms with van der Waals surface area (Å²) < 4.78 is 7.07. The second-order valence-electron chi connectivity index (χ2n) is 5.46. The summed E-state index contributed by atoms with van der Waals surface area (Å²) in [4.78, 5) is 13.3. The number of hydrogen-bond donors (Lipinski definition) is 0. The monoisotopic (exact) mass is 339 g/mol. The molecule has 0 aliphatic carbocycles. The highest BCUT2D eigenvalue weighted by Gasteiger charge is 2.19. The Labute approximate surface area is 144 Å². The van der Waals surface area contributed by atoms with Gasteiger partial charge in [0.15, 0.2) is 0 Å². The van der Waals surface area contributed by atoms with Crippen LogP contribution < -0.4 is 10.3 Å². The second kappa shape index (κ2) is 7.37. The molecule has 1 aromatic heterocycles. The highest BCUT2D eigenvalue weighted by Crippen LogP contribution is 2.42. The Bertz CT molecular complexity index is 867. The van der Waals surface area contributed by atoms with E-state index < -0.39 is 0 Å². The molecule has 0 saturated carbocycles. The zero-order valence-corrected chi connectivity index (χ0v) is 14.1. The number of ether oxygens (including phenoxy) is 1. The van der Waals surface area contributed by atoms with Gasteiger partial charge in [0, 0.05) is 6.07 Å². The zero-order chi connectivity index (χ0) is 16.9. The summed E-state index contributed by atoms with van der Waals surface area (Å²) in [7, 11) is 0. The van der Waals surface area contributed by atoms with Crippen LogP contribution in [0, 0.1) is 11.3 Å². The van der Waals surface area contributed by atoms with Gasteiger partial charge in [0.1, 0.15) is 12.4 Å². The lowest BCUT2D eigenvalue weighted by atomic mass is 10.2. The quantitative estimate of drug-likeness (QED) is 0.836. The highest BCUT2D eigenvalue weighted by molar-refractivity contribution is 8.03. The SMILES string of the molecule is CC1=CCC(c2ccc(=O)n(CCOc3cccc(C#N)c3)n2)S1. The van der Waals surface area contributed by atoms with E-state index in [4.69, 9.17) is 10.00 Å². The summed E-state index contributed by atoms with van der Waals surface area (Å²) >= 11 is 1.78. The first kappa shape index (κ1) is 16.3. The van der Waals surface area contributed by atoms with Gasteiger partial charge in [-0.2, -0.15) is 10.4 Å². The minimum absolute atomic E-state index is 0.138. The Morgan fingerprint density at radius 1 is 1.42 bits per heavy atom. The molecule has 3 rings (SSSR count). The lowest BCUT2D eigenvalue weighted by Gasteiger charge is -2.12. The molecule has 0 bridgehead atoms. The van der Waals surface area contributed by atoms with Gasteiger partial charge >= 0.3 is 0 Å². The Hall–Kier alpha value is -2.52. The molecule has 0 amide bonds. The third-order valence-corrected chi connectivity index (χ3v) is 4.96. The van der Waals surface area contributed by atoms with Gasteiger partial charge in [-0.15, -0.1) is 11.8 Å². The van der Waals surface area contributed by atoms with Crippen molar-refractivity contribution in [3.05, 3.63) is 69.0 Å². The van der Waals surface area contributed by atoms with Crippen molar-refractivity contribution in [2.45, 2.75) is 25.1 Å². The molecule has 1 unspecified atom stereocenters. The molecule has 0 fully saturated rings. The first-order chi connectivity index (χ1) is 11.7. The number of nitriles is 1. The van der Waals surface area contributed by atoms with Crippen molar-refractivity contribution < 1.29 is 4.74 Å². The molecule has 24 heavy (non-hydrogen) atoms. The molecule has 122 valence electrons. The molecule has 1 aliphatic rings. The number of benzene rings is 1. The van der Waals surface area contributed by atoms with Gasteiger partial charge < -0.3 is 4.74 Å². The number of thioether (sulfide) groups is 1. The molecule has 2 aromatic rings. The number of rotatable bonds is 5. The minimum atomic E-state index is -0.138. The average Bonchev–Trinajstić information content (AvgIpc) is 3.03. The van der Waals surface area contributed by atoms with Crippen LogP contribution in [-0.2, 0) is 6.54 Å². The molecule has 0 spiro atoms.